The Labute approximate surface area is 161 Å². The lowest BCUT2D eigenvalue weighted by Crippen LogP contribution is -2.03. The van der Waals surface area contributed by atoms with Gasteiger partial charge in [-0.05, 0) is 42.8 Å². The summed E-state index contributed by atoms with van der Waals surface area (Å²) in [6, 6.07) is 19.0. The second kappa shape index (κ2) is 6.97. The van der Waals surface area contributed by atoms with Gasteiger partial charge >= 0.3 is 5.97 Å². The van der Waals surface area contributed by atoms with E-state index in [0.29, 0.717) is 29.3 Å². The molecule has 0 saturated heterocycles. The third-order valence-electron chi connectivity index (χ3n) is 4.64. The Bertz CT molecular complexity index is 1150. The van der Waals surface area contributed by atoms with Crippen molar-refractivity contribution in [2.45, 2.75) is 13.5 Å². The summed E-state index contributed by atoms with van der Waals surface area (Å²) in [5.41, 5.74) is 3.06. The Morgan fingerprint density at radius 2 is 1.89 bits per heavy atom. The molecule has 0 spiro atoms. The van der Waals surface area contributed by atoms with Crippen LogP contribution in [0.15, 0.2) is 60.7 Å². The quantitative estimate of drug-likeness (QED) is 0.491. The zero-order valence-corrected chi connectivity index (χ0v) is 15.5. The molecule has 0 atom stereocenters. The molecule has 0 aliphatic heterocycles. The van der Waals surface area contributed by atoms with Crippen LogP contribution in [0.4, 0.5) is 0 Å². The molecule has 27 heavy (non-hydrogen) atoms. The summed E-state index contributed by atoms with van der Waals surface area (Å²) in [6.07, 6.45) is 0. The summed E-state index contributed by atoms with van der Waals surface area (Å²) in [5.74, 6) is -0.303. The minimum Gasteiger partial charge on any atom is -0.492 e. The first-order valence-electron chi connectivity index (χ1n) is 8.74. The van der Waals surface area contributed by atoms with Gasteiger partial charge in [0.25, 0.3) is 0 Å². The van der Waals surface area contributed by atoms with E-state index in [1.165, 1.54) is 0 Å². The molecule has 1 N–H and O–H groups in total. The largest absolute Gasteiger partial charge is 0.492 e. The molecule has 0 aliphatic carbocycles. The molecule has 0 radical (unpaired) electrons. The van der Waals surface area contributed by atoms with Gasteiger partial charge in [0.05, 0.1) is 17.7 Å². The first-order valence-corrected chi connectivity index (χ1v) is 9.12. The topological polar surface area (TPSA) is 51.5 Å². The fraction of sp³-hybridized carbons (Fsp3) is 0.136. The number of fused-ring (bicyclic) bond motifs is 3. The molecule has 0 aliphatic rings. The van der Waals surface area contributed by atoms with Gasteiger partial charge in [0.15, 0.2) is 0 Å². The second-order valence-electron chi connectivity index (χ2n) is 6.31. The molecule has 0 amide bonds. The van der Waals surface area contributed by atoms with E-state index in [2.05, 4.69) is 16.7 Å². The molecule has 4 aromatic rings. The van der Waals surface area contributed by atoms with Gasteiger partial charge in [-0.3, -0.25) is 0 Å². The molecule has 0 bridgehead atoms. The number of hydrogen-bond donors (Lipinski definition) is 1. The van der Waals surface area contributed by atoms with Crippen molar-refractivity contribution in [1.82, 2.24) is 4.57 Å². The Kier molecular flexibility index (Phi) is 4.50. The Morgan fingerprint density at radius 1 is 1.11 bits per heavy atom. The lowest BCUT2D eigenvalue weighted by Gasteiger charge is -2.12. The predicted octanol–water partition coefficient (Wildman–Crippen LogP) is 5.59. The molecule has 5 heteroatoms. The third kappa shape index (κ3) is 3.02. The molecule has 1 heterocycles. The summed E-state index contributed by atoms with van der Waals surface area (Å²) in [6.45, 7) is 3.01. The number of carbonyl (C=O) groups is 1. The maximum Gasteiger partial charge on any atom is 0.336 e. The molecule has 0 unspecified atom stereocenters. The fourth-order valence-corrected chi connectivity index (χ4v) is 3.73. The summed E-state index contributed by atoms with van der Waals surface area (Å²) in [7, 11) is 0. The van der Waals surface area contributed by atoms with Crippen LogP contribution in [0.25, 0.3) is 21.8 Å². The van der Waals surface area contributed by atoms with E-state index >= 15 is 0 Å². The average molecular weight is 380 g/mol. The molecule has 0 fully saturated rings. The SMILES string of the molecule is CCOc1ccc(C(=O)O)c2c3cc(Cl)ccc3n(Cc3ccccc3)c12. The van der Waals surface area contributed by atoms with Gasteiger partial charge in [0.1, 0.15) is 5.75 Å². The van der Waals surface area contributed by atoms with Crippen LogP contribution in [0.5, 0.6) is 5.75 Å². The van der Waals surface area contributed by atoms with Gasteiger partial charge in [0.2, 0.25) is 0 Å². The Hall–Kier alpha value is -2.98. The van der Waals surface area contributed by atoms with Crippen molar-refractivity contribution >= 4 is 39.4 Å². The van der Waals surface area contributed by atoms with Crippen LogP contribution >= 0.6 is 11.6 Å². The molecule has 136 valence electrons. The minimum atomic E-state index is -0.971. The predicted molar refractivity (Wildman–Crippen MR) is 108 cm³/mol. The molecule has 1 aromatic heterocycles. The van der Waals surface area contributed by atoms with E-state index in [1.54, 1.807) is 12.1 Å². The summed E-state index contributed by atoms with van der Waals surface area (Å²) < 4.78 is 7.95. The standard InChI is InChI=1S/C22H18ClNO3/c1-2-27-19-11-9-16(22(25)26)20-17-12-15(23)8-10-18(17)24(21(19)20)13-14-6-4-3-5-7-14/h3-12H,2,13H2,1H3,(H,25,26). The van der Waals surface area contributed by atoms with Crippen LogP contribution in [0.1, 0.15) is 22.8 Å². The summed E-state index contributed by atoms with van der Waals surface area (Å²) >= 11 is 6.23. The highest BCUT2D eigenvalue weighted by Crippen LogP contribution is 2.39. The Balaban J connectivity index is 2.12. The second-order valence-corrected chi connectivity index (χ2v) is 6.74. The van der Waals surface area contributed by atoms with Crippen LogP contribution in [-0.2, 0) is 6.54 Å². The van der Waals surface area contributed by atoms with Crippen molar-refractivity contribution in [3.05, 3.63) is 76.8 Å². The number of carboxylic acid groups (broad SMARTS) is 1. The van der Waals surface area contributed by atoms with Gasteiger partial charge in [-0.15, -0.1) is 0 Å². The van der Waals surface area contributed by atoms with Crippen molar-refractivity contribution < 1.29 is 14.6 Å². The van der Waals surface area contributed by atoms with Crippen LogP contribution < -0.4 is 4.74 Å². The van der Waals surface area contributed by atoms with E-state index in [9.17, 15) is 9.90 Å². The van der Waals surface area contributed by atoms with Crippen LogP contribution in [0.3, 0.4) is 0 Å². The number of aromatic carboxylic acids is 1. The number of aromatic nitrogens is 1. The van der Waals surface area contributed by atoms with Crippen molar-refractivity contribution in [3.63, 3.8) is 0 Å². The Morgan fingerprint density at radius 3 is 2.59 bits per heavy atom. The lowest BCUT2D eigenvalue weighted by molar-refractivity contribution is 0.0699. The maximum absolute atomic E-state index is 11.9. The van der Waals surface area contributed by atoms with E-state index in [0.717, 1.165) is 22.0 Å². The zero-order chi connectivity index (χ0) is 19.0. The van der Waals surface area contributed by atoms with Crippen molar-refractivity contribution in [1.29, 1.82) is 0 Å². The van der Waals surface area contributed by atoms with Crippen molar-refractivity contribution in [2.24, 2.45) is 0 Å². The number of carboxylic acids is 1. The van der Waals surface area contributed by atoms with Gasteiger partial charge < -0.3 is 14.4 Å². The first-order chi connectivity index (χ1) is 13.1. The highest BCUT2D eigenvalue weighted by molar-refractivity contribution is 6.32. The van der Waals surface area contributed by atoms with Crippen LogP contribution in [0, 0.1) is 0 Å². The van der Waals surface area contributed by atoms with Crippen molar-refractivity contribution in [3.8, 4) is 5.75 Å². The van der Waals surface area contributed by atoms with Gasteiger partial charge in [-0.1, -0.05) is 41.9 Å². The first kappa shape index (κ1) is 17.4. The molecular formula is C22H18ClNO3. The number of halogens is 1. The van der Waals surface area contributed by atoms with Crippen LogP contribution in [0.2, 0.25) is 5.02 Å². The summed E-state index contributed by atoms with van der Waals surface area (Å²) in [5, 5.41) is 11.8. The highest BCUT2D eigenvalue weighted by Gasteiger charge is 2.21. The van der Waals surface area contributed by atoms with Crippen LogP contribution in [-0.4, -0.2) is 22.2 Å². The molecule has 3 aromatic carbocycles. The van der Waals surface area contributed by atoms with Crippen molar-refractivity contribution in [2.75, 3.05) is 6.61 Å². The van der Waals surface area contributed by atoms with E-state index < -0.39 is 5.97 Å². The number of hydrogen-bond acceptors (Lipinski definition) is 2. The van der Waals surface area contributed by atoms with E-state index in [1.807, 2.05) is 43.3 Å². The van der Waals surface area contributed by atoms with Gasteiger partial charge in [-0.2, -0.15) is 0 Å². The number of ether oxygens (including phenoxy) is 1. The minimum absolute atomic E-state index is 0.243. The molecule has 4 rings (SSSR count). The fourth-order valence-electron chi connectivity index (χ4n) is 3.56. The monoisotopic (exact) mass is 379 g/mol. The van der Waals surface area contributed by atoms with E-state index in [4.69, 9.17) is 16.3 Å². The molecular weight excluding hydrogens is 362 g/mol. The maximum atomic E-state index is 11.9. The van der Waals surface area contributed by atoms with Gasteiger partial charge in [0, 0.05) is 27.9 Å². The lowest BCUT2D eigenvalue weighted by atomic mass is 10.1. The number of benzene rings is 3. The molecule has 0 saturated carbocycles. The number of nitrogens with zero attached hydrogens (tertiary/aromatic N) is 1. The molecule has 4 nitrogen and oxygen atoms in total. The third-order valence-corrected chi connectivity index (χ3v) is 4.88. The average Bonchev–Trinajstić information content (AvgIpc) is 2.97. The summed E-state index contributed by atoms with van der Waals surface area (Å²) in [4.78, 5) is 11.9. The van der Waals surface area contributed by atoms with Gasteiger partial charge in [-0.25, -0.2) is 4.79 Å². The normalized spacial score (nSPS) is 11.2. The van der Waals surface area contributed by atoms with E-state index in [-0.39, 0.29) is 5.56 Å². The highest BCUT2D eigenvalue weighted by atomic mass is 35.5. The zero-order valence-electron chi connectivity index (χ0n) is 14.8. The number of rotatable bonds is 5. The smallest absolute Gasteiger partial charge is 0.336 e.